The number of hydrogen-bond acceptors (Lipinski definition) is 5. The van der Waals surface area contributed by atoms with Crippen molar-refractivity contribution in [3.63, 3.8) is 0 Å². The van der Waals surface area contributed by atoms with Gasteiger partial charge in [-0.3, -0.25) is 4.79 Å². The molecule has 0 radical (unpaired) electrons. The number of halogens is 2. The summed E-state index contributed by atoms with van der Waals surface area (Å²) >= 11 is 0. The molecule has 2 heterocycles. The molecule has 1 atom stereocenters. The average molecular weight is 439 g/mol. The van der Waals surface area contributed by atoms with Gasteiger partial charge in [-0.1, -0.05) is 0 Å². The van der Waals surface area contributed by atoms with E-state index in [4.69, 9.17) is 0 Å². The number of rotatable bonds is 6. The molecule has 1 aromatic carbocycles. The van der Waals surface area contributed by atoms with Crippen molar-refractivity contribution in [2.45, 2.75) is 30.2 Å². The summed E-state index contributed by atoms with van der Waals surface area (Å²) in [7, 11) is -3.48. The van der Waals surface area contributed by atoms with Crippen molar-refractivity contribution >= 4 is 40.7 Å². The van der Waals surface area contributed by atoms with E-state index in [0.29, 0.717) is 44.3 Å². The molecule has 0 saturated carbocycles. The van der Waals surface area contributed by atoms with Crippen LogP contribution in [0.2, 0.25) is 0 Å². The van der Waals surface area contributed by atoms with E-state index in [9.17, 15) is 13.2 Å². The number of amides is 1. The number of sulfonamides is 1. The van der Waals surface area contributed by atoms with E-state index in [1.54, 1.807) is 12.1 Å². The molecule has 2 saturated heterocycles. The third-order valence-corrected chi connectivity index (χ3v) is 6.68. The highest BCUT2D eigenvalue weighted by atomic mass is 35.5. The van der Waals surface area contributed by atoms with E-state index >= 15 is 0 Å². The first-order valence-electron chi connectivity index (χ1n) is 8.90. The molecule has 0 aliphatic carbocycles. The maximum atomic E-state index is 12.6. The maximum absolute atomic E-state index is 12.6. The standard InChI is InChI=1S/C17H26N4O3S.2ClH/c22-17(20-9-7-15-2-1-8-19-15)14-3-5-16(6-4-14)25(23,24)21-12-10-18-11-13-21;;/h3-6,15,18-19H,1-2,7-13H2,(H,20,22);2*1H/t15-;;/m1../s1. The molecule has 7 nitrogen and oxygen atoms in total. The second kappa shape index (κ2) is 11.2. The Balaban J connectivity index is 0.00000182. The number of piperazine rings is 1. The topological polar surface area (TPSA) is 90.5 Å². The number of carbonyl (C=O) groups is 1. The summed E-state index contributed by atoms with van der Waals surface area (Å²) in [5.41, 5.74) is 0.485. The first kappa shape index (κ1) is 24.1. The van der Waals surface area contributed by atoms with Gasteiger partial charge in [0.2, 0.25) is 10.0 Å². The largest absolute Gasteiger partial charge is 0.352 e. The van der Waals surface area contributed by atoms with Gasteiger partial charge in [-0.2, -0.15) is 4.31 Å². The summed E-state index contributed by atoms with van der Waals surface area (Å²) in [5, 5.41) is 9.44. The number of nitrogens with one attached hydrogen (secondary N) is 3. The Morgan fingerprint density at radius 1 is 1.11 bits per heavy atom. The van der Waals surface area contributed by atoms with E-state index in [2.05, 4.69) is 16.0 Å². The fraction of sp³-hybridized carbons (Fsp3) is 0.588. The van der Waals surface area contributed by atoms with Crippen LogP contribution < -0.4 is 16.0 Å². The Morgan fingerprint density at radius 2 is 1.78 bits per heavy atom. The van der Waals surface area contributed by atoms with E-state index in [1.165, 1.54) is 22.9 Å². The summed E-state index contributed by atoms with van der Waals surface area (Å²) in [6.45, 7) is 3.95. The summed E-state index contributed by atoms with van der Waals surface area (Å²) in [4.78, 5) is 12.4. The van der Waals surface area contributed by atoms with Gasteiger partial charge in [0, 0.05) is 44.3 Å². The molecule has 0 bridgehead atoms. The van der Waals surface area contributed by atoms with Gasteiger partial charge >= 0.3 is 0 Å². The Hall–Kier alpha value is -0.900. The lowest BCUT2D eigenvalue weighted by molar-refractivity contribution is 0.0952. The SMILES string of the molecule is Cl.Cl.O=C(NCC[C@H]1CCCN1)c1ccc(S(=O)(=O)N2CCNCC2)cc1. The fourth-order valence-electron chi connectivity index (χ4n) is 3.28. The van der Waals surface area contributed by atoms with Crippen molar-refractivity contribution in [2.24, 2.45) is 0 Å². The van der Waals surface area contributed by atoms with Crippen LogP contribution >= 0.6 is 24.8 Å². The van der Waals surface area contributed by atoms with Crippen molar-refractivity contribution < 1.29 is 13.2 Å². The fourth-order valence-corrected chi connectivity index (χ4v) is 4.72. The van der Waals surface area contributed by atoms with E-state index in [0.717, 1.165) is 19.4 Å². The molecule has 0 unspecified atom stereocenters. The summed E-state index contributed by atoms with van der Waals surface area (Å²) in [6, 6.07) is 6.69. The van der Waals surface area contributed by atoms with Gasteiger partial charge in [0.25, 0.3) is 5.91 Å². The lowest BCUT2D eigenvalue weighted by Gasteiger charge is -2.26. The maximum Gasteiger partial charge on any atom is 0.251 e. The van der Waals surface area contributed by atoms with Gasteiger partial charge < -0.3 is 16.0 Å². The summed E-state index contributed by atoms with van der Waals surface area (Å²) in [5.74, 6) is -0.163. The molecule has 10 heteroatoms. The van der Waals surface area contributed by atoms with Gasteiger partial charge in [0.05, 0.1) is 4.90 Å². The third-order valence-electron chi connectivity index (χ3n) is 4.77. The van der Waals surface area contributed by atoms with Crippen LogP contribution in [0.1, 0.15) is 29.6 Å². The molecule has 0 aromatic heterocycles. The van der Waals surface area contributed by atoms with Crippen LogP contribution in [0.15, 0.2) is 29.2 Å². The molecule has 0 spiro atoms. The molecule has 3 rings (SSSR count). The van der Waals surface area contributed by atoms with Gasteiger partial charge in [-0.05, 0) is 50.1 Å². The average Bonchev–Trinajstić information content (AvgIpc) is 3.16. The van der Waals surface area contributed by atoms with E-state index in [-0.39, 0.29) is 35.6 Å². The predicted molar refractivity (Wildman–Crippen MR) is 111 cm³/mol. The second-order valence-electron chi connectivity index (χ2n) is 6.52. The van der Waals surface area contributed by atoms with Crippen LogP contribution in [0.4, 0.5) is 0 Å². The van der Waals surface area contributed by atoms with Crippen LogP contribution in [0.25, 0.3) is 0 Å². The Morgan fingerprint density at radius 3 is 2.37 bits per heavy atom. The first-order chi connectivity index (χ1) is 12.1. The summed E-state index contributed by atoms with van der Waals surface area (Å²) < 4.78 is 26.6. The smallest absolute Gasteiger partial charge is 0.251 e. The van der Waals surface area contributed by atoms with Crippen molar-refractivity contribution in [3.8, 4) is 0 Å². The lowest BCUT2D eigenvalue weighted by Crippen LogP contribution is -2.46. The minimum absolute atomic E-state index is 0. The Kier molecular flexibility index (Phi) is 10.0. The molecule has 1 aromatic rings. The second-order valence-corrected chi connectivity index (χ2v) is 8.45. The van der Waals surface area contributed by atoms with Crippen LogP contribution in [0.5, 0.6) is 0 Å². The summed E-state index contributed by atoms with van der Waals surface area (Å²) in [6.07, 6.45) is 3.28. The zero-order valence-electron chi connectivity index (χ0n) is 15.1. The van der Waals surface area contributed by atoms with Crippen molar-refractivity contribution in [3.05, 3.63) is 29.8 Å². The third kappa shape index (κ3) is 6.30. The lowest BCUT2D eigenvalue weighted by atomic mass is 10.1. The Labute approximate surface area is 173 Å². The highest BCUT2D eigenvalue weighted by molar-refractivity contribution is 7.89. The highest BCUT2D eigenvalue weighted by Gasteiger charge is 2.25. The molecule has 2 aliphatic heterocycles. The number of carbonyl (C=O) groups excluding carboxylic acids is 1. The highest BCUT2D eigenvalue weighted by Crippen LogP contribution is 2.17. The normalized spacial score (nSPS) is 20.4. The molecule has 27 heavy (non-hydrogen) atoms. The van der Waals surface area contributed by atoms with Gasteiger partial charge in [-0.15, -0.1) is 24.8 Å². The van der Waals surface area contributed by atoms with Crippen LogP contribution in [-0.2, 0) is 10.0 Å². The first-order valence-corrected chi connectivity index (χ1v) is 10.3. The minimum Gasteiger partial charge on any atom is -0.352 e. The van der Waals surface area contributed by atoms with Crippen molar-refractivity contribution in [1.82, 2.24) is 20.3 Å². The molecule has 2 aliphatic rings. The minimum atomic E-state index is -3.48. The molecule has 2 fully saturated rings. The van der Waals surface area contributed by atoms with Crippen LogP contribution in [0, 0.1) is 0 Å². The van der Waals surface area contributed by atoms with Crippen molar-refractivity contribution in [2.75, 3.05) is 39.3 Å². The zero-order valence-corrected chi connectivity index (χ0v) is 17.6. The van der Waals surface area contributed by atoms with E-state index < -0.39 is 10.0 Å². The zero-order chi connectivity index (χ0) is 17.7. The molecule has 154 valence electrons. The quantitative estimate of drug-likeness (QED) is 0.615. The predicted octanol–water partition coefficient (Wildman–Crippen LogP) is 0.996. The van der Waals surface area contributed by atoms with Crippen molar-refractivity contribution in [1.29, 1.82) is 0 Å². The monoisotopic (exact) mass is 438 g/mol. The number of hydrogen-bond donors (Lipinski definition) is 3. The van der Waals surface area contributed by atoms with Gasteiger partial charge in [-0.25, -0.2) is 8.42 Å². The molecule has 1 amide bonds. The van der Waals surface area contributed by atoms with E-state index in [1.807, 2.05) is 0 Å². The van der Waals surface area contributed by atoms with Crippen LogP contribution in [-0.4, -0.2) is 63.9 Å². The number of benzene rings is 1. The van der Waals surface area contributed by atoms with Gasteiger partial charge in [0.15, 0.2) is 0 Å². The number of nitrogens with zero attached hydrogens (tertiary/aromatic N) is 1. The molecule has 3 N–H and O–H groups in total. The molecular weight excluding hydrogens is 411 g/mol. The Bertz CT molecular complexity index is 689. The molecular formula is C17H28Cl2N4O3S. The van der Waals surface area contributed by atoms with Crippen LogP contribution in [0.3, 0.4) is 0 Å². The van der Waals surface area contributed by atoms with Gasteiger partial charge in [0.1, 0.15) is 0 Å².